The number of amides is 2. The molecule has 0 aromatic carbocycles. The number of carbonyl (C=O) groups is 2. The van der Waals surface area contributed by atoms with Gasteiger partial charge in [0.1, 0.15) is 0 Å². The van der Waals surface area contributed by atoms with Gasteiger partial charge < -0.3 is 15.7 Å². The number of hydrogen-bond donors (Lipinski definition) is 3. The van der Waals surface area contributed by atoms with Crippen molar-refractivity contribution in [2.75, 3.05) is 6.54 Å². The van der Waals surface area contributed by atoms with Gasteiger partial charge >= 0.3 is 12.0 Å². The molecule has 1 saturated carbocycles. The van der Waals surface area contributed by atoms with E-state index >= 15 is 0 Å². The molecule has 0 bridgehead atoms. The predicted molar refractivity (Wildman–Crippen MR) is 71.8 cm³/mol. The number of urea groups is 1. The number of allylic oxidation sites excluding steroid dienone is 2. The van der Waals surface area contributed by atoms with Crippen molar-refractivity contribution in [3.8, 4) is 0 Å². The Morgan fingerprint density at radius 3 is 2.68 bits per heavy atom. The highest BCUT2D eigenvalue weighted by atomic mass is 16.4. The summed E-state index contributed by atoms with van der Waals surface area (Å²) < 4.78 is 0. The normalized spacial score (nSPS) is 30.0. The van der Waals surface area contributed by atoms with Gasteiger partial charge in [0.05, 0.1) is 5.92 Å². The maximum atomic E-state index is 11.7. The first-order valence-corrected chi connectivity index (χ1v) is 7.07. The molecule has 0 aliphatic heterocycles. The van der Waals surface area contributed by atoms with Crippen LogP contribution in [-0.2, 0) is 4.79 Å². The van der Waals surface area contributed by atoms with Gasteiger partial charge in [0.15, 0.2) is 0 Å². The lowest BCUT2D eigenvalue weighted by Crippen LogP contribution is -2.43. The molecule has 3 atom stereocenters. The first-order chi connectivity index (χ1) is 9.15. The zero-order chi connectivity index (χ0) is 13.7. The third kappa shape index (κ3) is 4.26. The molecule has 0 aromatic rings. The molecule has 19 heavy (non-hydrogen) atoms. The summed E-state index contributed by atoms with van der Waals surface area (Å²) in [4.78, 5) is 22.6. The lowest BCUT2D eigenvalue weighted by atomic mass is 9.94. The summed E-state index contributed by atoms with van der Waals surface area (Å²) in [5, 5.41) is 14.7. The molecule has 0 aromatic heterocycles. The maximum absolute atomic E-state index is 11.7. The maximum Gasteiger partial charge on any atom is 0.315 e. The summed E-state index contributed by atoms with van der Waals surface area (Å²) in [6.07, 6.45) is 9.57. The highest BCUT2D eigenvalue weighted by Crippen LogP contribution is 2.25. The van der Waals surface area contributed by atoms with Gasteiger partial charge in [0, 0.05) is 12.6 Å². The molecule has 0 spiro atoms. The number of aliphatic carboxylic acids is 1. The summed E-state index contributed by atoms with van der Waals surface area (Å²) in [6, 6.07) is -0.155. The van der Waals surface area contributed by atoms with E-state index in [1.54, 1.807) is 0 Å². The van der Waals surface area contributed by atoms with Gasteiger partial charge in [-0.1, -0.05) is 12.2 Å². The van der Waals surface area contributed by atoms with Crippen LogP contribution in [0.2, 0.25) is 0 Å². The van der Waals surface area contributed by atoms with Crippen LogP contribution < -0.4 is 10.6 Å². The molecular formula is C14H22N2O3. The van der Waals surface area contributed by atoms with E-state index in [-0.39, 0.29) is 18.0 Å². The van der Waals surface area contributed by atoms with Crippen molar-refractivity contribution in [2.45, 2.75) is 44.6 Å². The van der Waals surface area contributed by atoms with Crippen LogP contribution in [0.3, 0.4) is 0 Å². The first kappa shape index (κ1) is 13.9. The fraction of sp³-hybridized carbons (Fsp3) is 0.714. The van der Waals surface area contributed by atoms with E-state index in [0.29, 0.717) is 25.3 Å². The van der Waals surface area contributed by atoms with Crippen molar-refractivity contribution < 1.29 is 14.7 Å². The van der Waals surface area contributed by atoms with Crippen molar-refractivity contribution in [1.82, 2.24) is 10.6 Å². The number of carbonyl (C=O) groups excluding carboxylic acids is 1. The highest BCUT2D eigenvalue weighted by Gasteiger charge is 2.30. The van der Waals surface area contributed by atoms with Crippen LogP contribution in [0.25, 0.3) is 0 Å². The molecule has 2 aliphatic rings. The van der Waals surface area contributed by atoms with Crippen LogP contribution in [0.1, 0.15) is 38.5 Å². The lowest BCUT2D eigenvalue weighted by molar-refractivity contribution is -0.141. The zero-order valence-electron chi connectivity index (χ0n) is 11.1. The lowest BCUT2D eigenvalue weighted by Gasteiger charge is -2.19. The molecule has 1 fully saturated rings. The first-order valence-electron chi connectivity index (χ1n) is 7.07. The van der Waals surface area contributed by atoms with Gasteiger partial charge in [-0.2, -0.15) is 0 Å². The Morgan fingerprint density at radius 2 is 2.05 bits per heavy atom. The molecule has 5 heteroatoms. The van der Waals surface area contributed by atoms with E-state index < -0.39 is 5.97 Å². The SMILES string of the molecule is O=C(NCC1CC=CCC1)NC1CCC(C(=O)O)C1. The zero-order valence-corrected chi connectivity index (χ0v) is 11.1. The molecule has 0 radical (unpaired) electrons. The molecule has 3 unspecified atom stereocenters. The Morgan fingerprint density at radius 1 is 1.21 bits per heavy atom. The van der Waals surface area contributed by atoms with E-state index in [0.717, 1.165) is 25.7 Å². The van der Waals surface area contributed by atoms with Gasteiger partial charge in [-0.15, -0.1) is 0 Å². The minimum absolute atomic E-state index is 0.00681. The molecule has 2 rings (SSSR count). The van der Waals surface area contributed by atoms with Crippen LogP contribution in [0, 0.1) is 11.8 Å². The Kier molecular flexibility index (Phi) is 4.82. The van der Waals surface area contributed by atoms with Crippen molar-refractivity contribution in [1.29, 1.82) is 0 Å². The van der Waals surface area contributed by atoms with Gasteiger partial charge in [-0.3, -0.25) is 4.79 Å². The van der Waals surface area contributed by atoms with E-state index in [1.807, 2.05) is 0 Å². The largest absolute Gasteiger partial charge is 0.481 e. The monoisotopic (exact) mass is 266 g/mol. The Labute approximate surface area is 113 Å². The van der Waals surface area contributed by atoms with Crippen LogP contribution in [0.4, 0.5) is 4.79 Å². The number of carboxylic acid groups (broad SMARTS) is 1. The molecule has 0 heterocycles. The summed E-state index contributed by atoms with van der Waals surface area (Å²) in [5.74, 6) is -0.515. The van der Waals surface area contributed by atoms with Crippen LogP contribution in [0.5, 0.6) is 0 Å². The van der Waals surface area contributed by atoms with Crippen molar-refractivity contribution in [3.05, 3.63) is 12.2 Å². The van der Waals surface area contributed by atoms with Gasteiger partial charge in [0.2, 0.25) is 0 Å². The van der Waals surface area contributed by atoms with Crippen LogP contribution >= 0.6 is 0 Å². The van der Waals surface area contributed by atoms with E-state index in [9.17, 15) is 9.59 Å². The van der Waals surface area contributed by atoms with Gasteiger partial charge in [-0.25, -0.2) is 4.79 Å². The average Bonchev–Trinajstić information content (AvgIpc) is 2.86. The van der Waals surface area contributed by atoms with Gasteiger partial charge in [0.25, 0.3) is 0 Å². The van der Waals surface area contributed by atoms with Crippen molar-refractivity contribution >= 4 is 12.0 Å². The summed E-state index contributed by atoms with van der Waals surface area (Å²) in [6.45, 7) is 0.700. The minimum Gasteiger partial charge on any atom is -0.481 e. The van der Waals surface area contributed by atoms with Gasteiger partial charge in [-0.05, 0) is 44.4 Å². The van der Waals surface area contributed by atoms with E-state index in [2.05, 4.69) is 22.8 Å². The number of nitrogens with one attached hydrogen (secondary N) is 2. The van der Waals surface area contributed by atoms with Crippen molar-refractivity contribution in [2.24, 2.45) is 11.8 Å². The Hall–Kier alpha value is -1.52. The second-order valence-electron chi connectivity index (χ2n) is 5.55. The molecule has 2 aliphatic carbocycles. The number of hydrogen-bond acceptors (Lipinski definition) is 2. The molecular weight excluding hydrogens is 244 g/mol. The molecule has 106 valence electrons. The van der Waals surface area contributed by atoms with Crippen molar-refractivity contribution in [3.63, 3.8) is 0 Å². The second kappa shape index (κ2) is 6.59. The molecule has 5 nitrogen and oxygen atoms in total. The average molecular weight is 266 g/mol. The third-order valence-electron chi connectivity index (χ3n) is 4.05. The molecule has 2 amide bonds. The summed E-state index contributed by atoms with van der Waals surface area (Å²) in [5.41, 5.74) is 0. The van der Waals surface area contributed by atoms with Crippen LogP contribution in [0.15, 0.2) is 12.2 Å². The second-order valence-corrected chi connectivity index (χ2v) is 5.55. The van der Waals surface area contributed by atoms with Crippen LogP contribution in [-0.4, -0.2) is 29.7 Å². The standard InChI is InChI=1S/C14H22N2O3/c17-13(18)11-6-7-12(8-11)16-14(19)15-9-10-4-2-1-3-5-10/h1-2,10-12H,3-9H2,(H,17,18)(H2,15,16,19). The third-order valence-corrected chi connectivity index (χ3v) is 4.05. The quantitative estimate of drug-likeness (QED) is 0.680. The molecule has 0 saturated heterocycles. The molecule has 3 N–H and O–H groups in total. The summed E-state index contributed by atoms with van der Waals surface area (Å²) in [7, 11) is 0. The number of carboxylic acids is 1. The van der Waals surface area contributed by atoms with E-state index in [4.69, 9.17) is 5.11 Å². The van der Waals surface area contributed by atoms with E-state index in [1.165, 1.54) is 0 Å². The highest BCUT2D eigenvalue weighted by molar-refractivity contribution is 5.75. The predicted octanol–water partition coefficient (Wildman–Crippen LogP) is 1.90. The Balaban J connectivity index is 1.64. The summed E-state index contributed by atoms with van der Waals surface area (Å²) >= 11 is 0. The number of rotatable bonds is 4. The Bertz CT molecular complexity index is 368. The fourth-order valence-corrected chi connectivity index (χ4v) is 2.85. The fourth-order valence-electron chi connectivity index (χ4n) is 2.85. The topological polar surface area (TPSA) is 78.4 Å². The minimum atomic E-state index is -0.751. The smallest absolute Gasteiger partial charge is 0.315 e.